The highest BCUT2D eigenvalue weighted by Crippen LogP contribution is 2.27. The van der Waals surface area contributed by atoms with Crippen LogP contribution in [-0.2, 0) is 30.8 Å². The molecule has 0 aliphatic carbocycles. The molecular weight excluding hydrogens is 562 g/mol. The van der Waals surface area contributed by atoms with Gasteiger partial charge in [-0.25, -0.2) is 17.9 Å². The number of hydrogen-bond acceptors (Lipinski definition) is 10. The van der Waals surface area contributed by atoms with Gasteiger partial charge >= 0.3 is 5.97 Å². The summed E-state index contributed by atoms with van der Waals surface area (Å²) in [4.78, 5) is 24.6. The summed E-state index contributed by atoms with van der Waals surface area (Å²) < 4.78 is 39.7. The molecule has 1 unspecified atom stereocenters. The van der Waals surface area contributed by atoms with Crippen LogP contribution in [0, 0.1) is 24.2 Å². The van der Waals surface area contributed by atoms with Crippen LogP contribution in [0.1, 0.15) is 57.6 Å². The van der Waals surface area contributed by atoms with Crippen molar-refractivity contribution >= 4 is 27.4 Å². The Hall–Kier alpha value is -3.86. The highest BCUT2D eigenvalue weighted by molar-refractivity contribution is 7.89. The third-order valence-electron chi connectivity index (χ3n) is 6.54. The number of carbonyl (C=O) groups is 1. The van der Waals surface area contributed by atoms with Crippen molar-refractivity contribution in [2.45, 2.75) is 64.8 Å². The molecule has 13 heteroatoms. The Morgan fingerprint density at radius 1 is 1.24 bits per heavy atom. The molecule has 0 amide bonds. The lowest BCUT2D eigenvalue weighted by Gasteiger charge is -2.15. The first-order valence-corrected chi connectivity index (χ1v) is 15.2. The molecule has 42 heavy (non-hydrogen) atoms. The predicted octanol–water partition coefficient (Wildman–Crippen LogP) is 4.78. The van der Waals surface area contributed by atoms with Gasteiger partial charge in [0.1, 0.15) is 18.2 Å². The topological polar surface area (TPSA) is 172 Å². The van der Waals surface area contributed by atoms with Gasteiger partial charge in [0, 0.05) is 17.7 Å². The summed E-state index contributed by atoms with van der Waals surface area (Å²) in [6.45, 7) is 10.8. The maximum Gasteiger partial charge on any atom is 0.333 e. The third kappa shape index (κ3) is 9.61. The van der Waals surface area contributed by atoms with Crippen molar-refractivity contribution in [2.24, 2.45) is 16.1 Å². The van der Waals surface area contributed by atoms with Crippen LogP contribution in [0.5, 0.6) is 5.88 Å². The number of aromatic hydroxyl groups is 1. The highest BCUT2D eigenvalue weighted by atomic mass is 32.2. The van der Waals surface area contributed by atoms with E-state index in [0.29, 0.717) is 6.54 Å². The number of nitrogens with one attached hydrogen (secondary N) is 1. The van der Waals surface area contributed by atoms with Crippen LogP contribution in [0.15, 0.2) is 56.3 Å². The van der Waals surface area contributed by atoms with E-state index in [1.165, 1.54) is 38.1 Å². The molecule has 1 heterocycles. The van der Waals surface area contributed by atoms with E-state index in [1.54, 1.807) is 0 Å². The Morgan fingerprint density at radius 2 is 1.98 bits per heavy atom. The number of ether oxygens (including phenoxy) is 2. The molecule has 2 N–H and O–H groups in total. The van der Waals surface area contributed by atoms with Gasteiger partial charge in [0.2, 0.25) is 15.9 Å². The Morgan fingerprint density at radius 3 is 2.62 bits per heavy atom. The fraction of sp³-hybridized carbons (Fsp3) is 0.483. The summed E-state index contributed by atoms with van der Waals surface area (Å²) in [7, 11) is -3.80. The molecule has 0 bridgehead atoms. The van der Waals surface area contributed by atoms with Gasteiger partial charge in [-0.2, -0.15) is 10.4 Å². The zero-order valence-corrected chi connectivity index (χ0v) is 25.4. The molecule has 0 spiro atoms. The average Bonchev–Trinajstić information content (AvgIpc) is 2.96. The third-order valence-corrected chi connectivity index (χ3v) is 7.96. The smallest absolute Gasteiger partial charge is 0.333 e. The molecule has 2 rings (SSSR count). The number of hydrogen-bond donors (Lipinski definition) is 2. The highest BCUT2D eigenvalue weighted by Gasteiger charge is 2.20. The lowest BCUT2D eigenvalue weighted by molar-refractivity contribution is -0.140. The van der Waals surface area contributed by atoms with Gasteiger partial charge in [0.25, 0.3) is 5.56 Å². The minimum Gasteiger partial charge on any atom is -0.493 e. The zero-order valence-electron chi connectivity index (χ0n) is 24.6. The van der Waals surface area contributed by atoms with Gasteiger partial charge < -0.3 is 14.6 Å². The van der Waals surface area contributed by atoms with Gasteiger partial charge in [0.15, 0.2) is 5.69 Å². The number of aromatic nitrogens is 1. The maximum atomic E-state index is 13.2. The monoisotopic (exact) mass is 601 g/mol. The van der Waals surface area contributed by atoms with E-state index >= 15 is 0 Å². The fourth-order valence-electron chi connectivity index (χ4n) is 3.91. The Kier molecular flexibility index (Phi) is 13.5. The fourth-order valence-corrected chi connectivity index (χ4v) is 5.07. The molecule has 0 aliphatic rings. The van der Waals surface area contributed by atoms with Gasteiger partial charge in [0.05, 0.1) is 30.3 Å². The lowest BCUT2D eigenvalue weighted by Crippen LogP contribution is -2.29. The van der Waals surface area contributed by atoms with Crippen LogP contribution in [-0.4, -0.2) is 50.4 Å². The molecule has 0 aliphatic heterocycles. The predicted molar refractivity (Wildman–Crippen MR) is 158 cm³/mol. The summed E-state index contributed by atoms with van der Waals surface area (Å²) in [5, 5.41) is 28.2. The number of carbonyl (C=O) groups excluding carboxylic acids is 1. The van der Waals surface area contributed by atoms with E-state index in [2.05, 4.69) is 28.5 Å². The van der Waals surface area contributed by atoms with Crippen molar-refractivity contribution < 1.29 is 27.8 Å². The second-order valence-corrected chi connectivity index (χ2v) is 11.5. The van der Waals surface area contributed by atoms with Crippen LogP contribution in [0.4, 0.5) is 11.4 Å². The Balaban J connectivity index is 2.22. The van der Waals surface area contributed by atoms with E-state index < -0.39 is 27.4 Å². The Labute approximate surface area is 246 Å². The number of esters is 1. The van der Waals surface area contributed by atoms with Gasteiger partial charge in [-0.1, -0.05) is 45.8 Å². The Bertz CT molecular complexity index is 1490. The number of rotatable bonds is 17. The first-order chi connectivity index (χ1) is 20.0. The lowest BCUT2D eigenvalue weighted by atomic mass is 10.00. The molecule has 0 saturated carbocycles. The SMILES string of the molecule is C=C(C)C(=O)OCCOCCn1c(O)c(C#N)c(C)c(N=Nc2cccc(S(=O)(=O)NCC(CC)CCCC)c2)c1=O. The molecule has 2 aromatic rings. The number of azo groups is 1. The summed E-state index contributed by atoms with van der Waals surface area (Å²) in [5.74, 6) is -0.854. The van der Waals surface area contributed by atoms with E-state index in [9.17, 15) is 28.4 Å². The maximum absolute atomic E-state index is 13.2. The van der Waals surface area contributed by atoms with Crippen molar-refractivity contribution in [2.75, 3.05) is 26.4 Å². The number of benzene rings is 1. The quantitative estimate of drug-likeness (QED) is 0.113. The van der Waals surface area contributed by atoms with Gasteiger partial charge in [-0.3, -0.25) is 9.36 Å². The number of unbranched alkanes of at least 4 members (excludes halogenated alkanes) is 1. The van der Waals surface area contributed by atoms with Crippen LogP contribution >= 0.6 is 0 Å². The number of nitriles is 1. The van der Waals surface area contributed by atoms with Crippen LogP contribution < -0.4 is 10.3 Å². The second kappa shape index (κ2) is 16.5. The van der Waals surface area contributed by atoms with Crippen molar-refractivity contribution in [3.63, 3.8) is 0 Å². The largest absolute Gasteiger partial charge is 0.493 e. The molecule has 0 saturated heterocycles. The summed E-state index contributed by atoms with van der Waals surface area (Å²) in [6, 6.07) is 7.71. The van der Waals surface area contributed by atoms with E-state index in [0.717, 1.165) is 30.3 Å². The normalized spacial score (nSPS) is 12.3. The van der Waals surface area contributed by atoms with E-state index in [1.807, 2.05) is 13.0 Å². The second-order valence-electron chi connectivity index (χ2n) is 9.74. The summed E-state index contributed by atoms with van der Waals surface area (Å²) in [5.41, 5.74) is -0.505. The van der Waals surface area contributed by atoms with Crippen molar-refractivity contribution in [1.82, 2.24) is 9.29 Å². The number of nitrogens with zero attached hydrogens (tertiary/aromatic N) is 4. The molecule has 12 nitrogen and oxygen atoms in total. The van der Waals surface area contributed by atoms with Gasteiger partial charge in [-0.15, -0.1) is 5.11 Å². The van der Waals surface area contributed by atoms with Crippen LogP contribution in [0.25, 0.3) is 0 Å². The molecular formula is C29H39N5O7S. The first-order valence-electron chi connectivity index (χ1n) is 13.7. The molecule has 228 valence electrons. The van der Waals surface area contributed by atoms with E-state index in [-0.39, 0.29) is 65.3 Å². The zero-order chi connectivity index (χ0) is 31.3. The standard InChI is InChI=1S/C29H39N5O7S/c1-6-8-10-22(7-2)19-31-42(38,39)24-12-9-11-23(17-24)32-33-26-21(5)25(18-30)27(35)34(28(26)36)13-14-40-15-16-41-29(37)20(3)4/h9,11-12,17,22,31,35H,3,6-8,10,13-16,19H2,1-2,4-5H3. The molecule has 1 atom stereocenters. The van der Waals surface area contributed by atoms with E-state index in [4.69, 9.17) is 9.47 Å². The van der Waals surface area contributed by atoms with Crippen molar-refractivity contribution in [3.05, 3.63) is 57.9 Å². The molecule has 1 aromatic carbocycles. The van der Waals surface area contributed by atoms with Gasteiger partial charge in [-0.05, 0) is 44.4 Å². The van der Waals surface area contributed by atoms with Crippen LogP contribution in [0.3, 0.4) is 0 Å². The minimum atomic E-state index is -3.80. The first kappa shape index (κ1) is 34.3. The summed E-state index contributed by atoms with van der Waals surface area (Å²) in [6.07, 6.45) is 3.87. The minimum absolute atomic E-state index is 0.00734. The molecule has 0 fully saturated rings. The number of sulfonamides is 1. The van der Waals surface area contributed by atoms with Crippen LogP contribution in [0.2, 0.25) is 0 Å². The van der Waals surface area contributed by atoms with Crippen molar-refractivity contribution in [3.8, 4) is 11.9 Å². The summed E-state index contributed by atoms with van der Waals surface area (Å²) >= 11 is 0. The molecule has 1 aromatic heterocycles. The average molecular weight is 602 g/mol. The van der Waals surface area contributed by atoms with Crippen molar-refractivity contribution in [1.29, 1.82) is 5.26 Å². The molecule has 0 radical (unpaired) electrons. The number of pyridine rings is 1.